The number of nitrogens with zero attached hydrogens (tertiary/aromatic N) is 3. The van der Waals surface area contributed by atoms with Crippen LogP contribution in [0.4, 0.5) is 5.82 Å². The van der Waals surface area contributed by atoms with Gasteiger partial charge in [-0.15, -0.1) is 0 Å². The highest BCUT2D eigenvalue weighted by Crippen LogP contribution is 2.28. The smallest absolute Gasteiger partial charge is 0.229 e. The van der Waals surface area contributed by atoms with Crippen LogP contribution >= 0.6 is 0 Å². The van der Waals surface area contributed by atoms with Crippen LogP contribution in [0.5, 0.6) is 0 Å². The van der Waals surface area contributed by atoms with Crippen molar-refractivity contribution in [2.75, 3.05) is 5.73 Å². The number of amides is 1. The van der Waals surface area contributed by atoms with E-state index in [2.05, 4.69) is 37.1 Å². The number of nitrogens with one attached hydrogen (secondary N) is 4. The molecule has 0 aliphatic heterocycles. The Kier molecular flexibility index (Phi) is 7.71. The highest BCUT2D eigenvalue weighted by atomic mass is 16.2. The third-order valence-corrected chi connectivity index (χ3v) is 5.97. The number of allylic oxidation sites excluding steroid dienone is 3. The molecule has 0 aliphatic carbocycles. The van der Waals surface area contributed by atoms with Gasteiger partial charge in [0, 0.05) is 63.5 Å². The zero-order chi connectivity index (χ0) is 28.2. The van der Waals surface area contributed by atoms with Crippen molar-refractivity contribution in [1.82, 2.24) is 30.6 Å². The zero-order valence-electron chi connectivity index (χ0n) is 22.5. The topological polar surface area (TPSA) is 145 Å². The summed E-state index contributed by atoms with van der Waals surface area (Å²) in [6.07, 6.45) is 10.2. The van der Waals surface area contributed by atoms with Crippen LogP contribution in [-0.4, -0.2) is 31.6 Å². The molecule has 0 fully saturated rings. The van der Waals surface area contributed by atoms with E-state index in [4.69, 9.17) is 11.1 Å². The molecule has 4 rings (SSSR count). The number of aromatic amines is 1. The number of hydrogen-bond donors (Lipinski definition) is 5. The summed E-state index contributed by atoms with van der Waals surface area (Å²) in [5.74, 6) is 0.131. The molecule has 0 spiro atoms. The van der Waals surface area contributed by atoms with Crippen LogP contribution in [0.2, 0.25) is 0 Å². The Hall–Kier alpha value is -5.05. The lowest BCUT2D eigenvalue weighted by atomic mass is 9.95. The predicted molar refractivity (Wildman–Crippen MR) is 157 cm³/mol. The number of carbonyl (C=O) groups excluding carboxylic acids is 1. The van der Waals surface area contributed by atoms with Crippen molar-refractivity contribution in [2.24, 2.45) is 5.41 Å². The first-order valence-corrected chi connectivity index (χ1v) is 12.4. The van der Waals surface area contributed by atoms with E-state index in [0.717, 1.165) is 27.9 Å². The number of nitrogen functional groups attached to an aromatic ring is 1. The van der Waals surface area contributed by atoms with Crippen molar-refractivity contribution in [3.63, 3.8) is 0 Å². The van der Waals surface area contributed by atoms with E-state index in [-0.39, 0.29) is 17.4 Å². The molecule has 0 saturated heterocycles. The summed E-state index contributed by atoms with van der Waals surface area (Å²) in [4.78, 5) is 29.1. The monoisotopic (exact) mass is 520 g/mol. The van der Waals surface area contributed by atoms with E-state index in [9.17, 15) is 4.79 Å². The van der Waals surface area contributed by atoms with E-state index in [1.807, 2.05) is 64.1 Å². The lowest BCUT2D eigenvalue weighted by Crippen LogP contribution is -2.33. The van der Waals surface area contributed by atoms with Gasteiger partial charge < -0.3 is 21.4 Å². The van der Waals surface area contributed by atoms with Gasteiger partial charge in [-0.1, -0.05) is 33.4 Å². The van der Waals surface area contributed by atoms with Crippen molar-refractivity contribution in [3.8, 4) is 11.4 Å². The van der Waals surface area contributed by atoms with Crippen LogP contribution in [-0.2, 0) is 4.79 Å². The molecule has 4 heterocycles. The molecule has 0 bridgehead atoms. The molecular formula is C30H32N8O. The molecule has 198 valence electrons. The Bertz CT molecular complexity index is 1610. The van der Waals surface area contributed by atoms with Crippen LogP contribution in [0.25, 0.3) is 27.9 Å². The summed E-state index contributed by atoms with van der Waals surface area (Å²) in [5, 5.41) is 15.7. The molecule has 0 radical (unpaired) electrons. The highest BCUT2D eigenvalue weighted by molar-refractivity contribution is 6.15. The molecule has 9 heteroatoms. The number of aromatic nitrogens is 4. The fourth-order valence-electron chi connectivity index (χ4n) is 3.87. The molecule has 0 aliphatic rings. The average molecular weight is 521 g/mol. The minimum Gasteiger partial charge on any atom is -0.383 e. The van der Waals surface area contributed by atoms with Crippen LogP contribution in [0.1, 0.15) is 44.5 Å². The van der Waals surface area contributed by atoms with Crippen LogP contribution in [0, 0.1) is 10.8 Å². The second-order valence-corrected chi connectivity index (χ2v) is 10.1. The van der Waals surface area contributed by atoms with Gasteiger partial charge in [-0.05, 0) is 49.5 Å². The second kappa shape index (κ2) is 11.1. The average Bonchev–Trinajstić information content (AvgIpc) is 3.35. The minimum atomic E-state index is -0.533. The number of hydrogen-bond acceptors (Lipinski definition) is 7. The number of fused-ring (bicyclic) bond motifs is 1. The molecule has 0 saturated carbocycles. The molecule has 4 aromatic heterocycles. The van der Waals surface area contributed by atoms with E-state index >= 15 is 0 Å². The van der Waals surface area contributed by atoms with E-state index in [1.54, 1.807) is 37.1 Å². The Balaban J connectivity index is 1.72. The Morgan fingerprint density at radius 1 is 1.13 bits per heavy atom. The highest BCUT2D eigenvalue weighted by Gasteiger charge is 2.21. The van der Waals surface area contributed by atoms with Gasteiger partial charge in [-0.2, -0.15) is 0 Å². The summed E-state index contributed by atoms with van der Waals surface area (Å²) < 4.78 is 0. The van der Waals surface area contributed by atoms with Gasteiger partial charge in [0.25, 0.3) is 0 Å². The number of pyridine rings is 3. The van der Waals surface area contributed by atoms with Crippen LogP contribution in [0.15, 0.2) is 85.7 Å². The third kappa shape index (κ3) is 6.10. The van der Waals surface area contributed by atoms with Crippen molar-refractivity contribution in [1.29, 1.82) is 5.41 Å². The number of nitrogens with two attached hydrogens (primary N) is 1. The first kappa shape index (κ1) is 27.0. The molecule has 0 atom stereocenters. The van der Waals surface area contributed by atoms with E-state index in [0.29, 0.717) is 22.5 Å². The molecule has 0 aromatic carbocycles. The Labute approximate surface area is 227 Å². The SMILES string of the molecule is C=CN/C=C(\C=C(/C)NC(=O)C(C)(C)C)c1cnc(N)c(C(=N)c2cc3c(-c4ccccn4)nccc3[nH]2)c1. The van der Waals surface area contributed by atoms with E-state index < -0.39 is 5.41 Å². The van der Waals surface area contributed by atoms with Gasteiger partial charge in [-0.3, -0.25) is 20.2 Å². The summed E-state index contributed by atoms with van der Waals surface area (Å²) in [6.45, 7) is 11.1. The maximum atomic E-state index is 12.5. The summed E-state index contributed by atoms with van der Waals surface area (Å²) in [7, 11) is 0. The molecular weight excluding hydrogens is 488 g/mol. The summed E-state index contributed by atoms with van der Waals surface area (Å²) in [5.41, 5.74) is 11.3. The van der Waals surface area contributed by atoms with Gasteiger partial charge in [-0.25, -0.2) is 4.98 Å². The van der Waals surface area contributed by atoms with Crippen molar-refractivity contribution in [2.45, 2.75) is 27.7 Å². The van der Waals surface area contributed by atoms with Gasteiger partial charge in [0.05, 0.1) is 22.8 Å². The van der Waals surface area contributed by atoms with Crippen molar-refractivity contribution >= 4 is 33.9 Å². The predicted octanol–water partition coefficient (Wildman–Crippen LogP) is 5.16. The molecule has 9 nitrogen and oxygen atoms in total. The lowest BCUT2D eigenvalue weighted by Gasteiger charge is -2.18. The first-order valence-electron chi connectivity index (χ1n) is 12.4. The summed E-state index contributed by atoms with van der Waals surface area (Å²) >= 11 is 0. The molecule has 4 aromatic rings. The quantitative estimate of drug-likeness (QED) is 0.160. The standard InChI is InChI=1S/C30H32N8O/c1-6-33-16-19(13-18(2)37-29(39)30(3,4)5)20-14-22(28(32)36-17-20)26(31)25-15-21-23(38-25)10-12-35-27(21)24-9-7-8-11-34-24/h6-17,31,33,38H,1H2,2-5H3,(H2,32,36)(H,37,39)/b18-13+,19-16+,31-26?. The molecule has 6 N–H and O–H groups in total. The molecule has 39 heavy (non-hydrogen) atoms. The van der Waals surface area contributed by atoms with Crippen LogP contribution in [0.3, 0.4) is 0 Å². The van der Waals surface area contributed by atoms with Gasteiger partial charge in [0.1, 0.15) is 5.82 Å². The number of carbonyl (C=O) groups is 1. The Morgan fingerprint density at radius 2 is 1.92 bits per heavy atom. The lowest BCUT2D eigenvalue weighted by molar-refractivity contribution is -0.127. The third-order valence-electron chi connectivity index (χ3n) is 5.97. The zero-order valence-corrected chi connectivity index (χ0v) is 22.5. The normalized spacial score (nSPS) is 12.3. The number of H-pyrrole nitrogens is 1. The van der Waals surface area contributed by atoms with Crippen molar-refractivity contribution < 1.29 is 4.79 Å². The largest absolute Gasteiger partial charge is 0.383 e. The minimum absolute atomic E-state index is 0.0939. The van der Waals surface area contributed by atoms with Gasteiger partial charge in [0.15, 0.2) is 0 Å². The summed E-state index contributed by atoms with van der Waals surface area (Å²) in [6, 6.07) is 11.2. The van der Waals surface area contributed by atoms with Gasteiger partial charge >= 0.3 is 0 Å². The van der Waals surface area contributed by atoms with Crippen molar-refractivity contribution in [3.05, 3.63) is 103 Å². The fraction of sp³-hybridized carbons (Fsp3) is 0.167. The van der Waals surface area contributed by atoms with E-state index in [1.165, 1.54) is 0 Å². The Morgan fingerprint density at radius 3 is 2.62 bits per heavy atom. The number of anilines is 1. The number of rotatable bonds is 8. The second-order valence-electron chi connectivity index (χ2n) is 10.1. The maximum Gasteiger partial charge on any atom is 0.229 e. The molecule has 1 amide bonds. The maximum absolute atomic E-state index is 12.5. The van der Waals surface area contributed by atoms with Crippen LogP contribution < -0.4 is 16.4 Å². The first-order chi connectivity index (χ1) is 18.6. The molecule has 0 unspecified atom stereocenters. The fourth-order valence-corrected chi connectivity index (χ4v) is 3.87. The van der Waals surface area contributed by atoms with Gasteiger partial charge in [0.2, 0.25) is 5.91 Å².